The van der Waals surface area contributed by atoms with Crippen LogP contribution in [0.2, 0.25) is 0 Å². The molecule has 2 N–H and O–H groups in total. The third kappa shape index (κ3) is 3.01. The molecule has 0 amide bonds. The maximum atomic E-state index is 6.49. The number of benzene rings is 1. The molecule has 1 unspecified atom stereocenters. The van der Waals surface area contributed by atoms with Gasteiger partial charge in [0.1, 0.15) is 0 Å². The quantitative estimate of drug-likeness (QED) is 0.903. The Morgan fingerprint density at radius 1 is 1.19 bits per heavy atom. The smallest absolute Gasteiger partial charge is 0.161 e. The second-order valence-corrected chi connectivity index (χ2v) is 6.72. The number of nitrogens with zero attached hydrogens (tertiary/aromatic N) is 1. The first kappa shape index (κ1) is 14.7. The summed E-state index contributed by atoms with van der Waals surface area (Å²) in [7, 11) is 3.38. The molecule has 0 saturated heterocycles. The van der Waals surface area contributed by atoms with E-state index in [1.807, 2.05) is 0 Å². The average Bonchev–Trinajstić information content (AvgIpc) is 3.30. The standard InChI is InChI=1S/C17H26N2O2/c1-17(18,14-4-5-14)11-19-7-6-12-8-15(20-2)16(21-3)9-13(12)10-19/h8-9,14H,4-7,10-11,18H2,1-3H3. The van der Waals surface area contributed by atoms with Crippen molar-refractivity contribution >= 4 is 0 Å². The fourth-order valence-electron chi connectivity index (χ4n) is 3.43. The van der Waals surface area contributed by atoms with E-state index in [0.29, 0.717) is 5.92 Å². The molecule has 4 nitrogen and oxygen atoms in total. The van der Waals surface area contributed by atoms with Crippen LogP contribution in [0.3, 0.4) is 0 Å². The highest BCUT2D eigenvalue weighted by Gasteiger charge is 2.39. The lowest BCUT2D eigenvalue weighted by molar-refractivity contribution is 0.187. The lowest BCUT2D eigenvalue weighted by Crippen LogP contribution is -2.50. The number of nitrogens with two attached hydrogens (primary N) is 1. The van der Waals surface area contributed by atoms with Gasteiger partial charge in [0.05, 0.1) is 14.2 Å². The van der Waals surface area contributed by atoms with Crippen molar-refractivity contribution in [2.45, 2.75) is 38.3 Å². The van der Waals surface area contributed by atoms with Gasteiger partial charge in [0.2, 0.25) is 0 Å². The zero-order valence-corrected chi connectivity index (χ0v) is 13.3. The van der Waals surface area contributed by atoms with E-state index in [4.69, 9.17) is 15.2 Å². The summed E-state index contributed by atoms with van der Waals surface area (Å²) in [5, 5.41) is 0. The Morgan fingerprint density at radius 2 is 1.81 bits per heavy atom. The fraction of sp³-hybridized carbons (Fsp3) is 0.647. The van der Waals surface area contributed by atoms with E-state index in [0.717, 1.165) is 37.6 Å². The van der Waals surface area contributed by atoms with E-state index < -0.39 is 0 Å². The summed E-state index contributed by atoms with van der Waals surface area (Å²) in [6, 6.07) is 4.24. The minimum absolute atomic E-state index is 0.0476. The number of methoxy groups -OCH3 is 2. The molecule has 0 radical (unpaired) electrons. The third-order valence-electron chi connectivity index (χ3n) is 4.87. The first-order valence-electron chi connectivity index (χ1n) is 7.78. The summed E-state index contributed by atoms with van der Waals surface area (Å²) < 4.78 is 10.8. The Kier molecular flexibility index (Phi) is 3.84. The first-order chi connectivity index (χ1) is 10.0. The highest BCUT2D eigenvalue weighted by atomic mass is 16.5. The summed E-state index contributed by atoms with van der Waals surface area (Å²) in [5.41, 5.74) is 9.15. The topological polar surface area (TPSA) is 47.7 Å². The van der Waals surface area contributed by atoms with E-state index in [2.05, 4.69) is 24.0 Å². The lowest BCUT2D eigenvalue weighted by Gasteiger charge is -2.36. The van der Waals surface area contributed by atoms with Crippen molar-refractivity contribution < 1.29 is 9.47 Å². The third-order valence-corrected chi connectivity index (χ3v) is 4.87. The number of rotatable bonds is 5. The van der Waals surface area contributed by atoms with Gasteiger partial charge in [-0.1, -0.05) is 0 Å². The van der Waals surface area contributed by atoms with Crippen LogP contribution in [0.1, 0.15) is 30.9 Å². The van der Waals surface area contributed by atoms with Crippen LogP contribution in [0.25, 0.3) is 0 Å². The average molecular weight is 290 g/mol. The molecule has 1 heterocycles. The molecule has 116 valence electrons. The zero-order valence-electron chi connectivity index (χ0n) is 13.3. The van der Waals surface area contributed by atoms with Gasteiger partial charge in [-0.3, -0.25) is 4.90 Å². The Hall–Kier alpha value is -1.26. The van der Waals surface area contributed by atoms with Crippen LogP contribution in [0, 0.1) is 5.92 Å². The molecule has 4 heteroatoms. The Bertz CT molecular complexity index is 524. The summed E-state index contributed by atoms with van der Waals surface area (Å²) in [6.07, 6.45) is 3.64. The summed E-state index contributed by atoms with van der Waals surface area (Å²) in [5.74, 6) is 2.35. The molecular formula is C17H26N2O2. The van der Waals surface area contributed by atoms with Gasteiger partial charge in [-0.15, -0.1) is 0 Å². The van der Waals surface area contributed by atoms with Gasteiger partial charge in [0.15, 0.2) is 11.5 Å². The molecule has 2 aliphatic rings. The van der Waals surface area contributed by atoms with E-state index in [-0.39, 0.29) is 5.54 Å². The van der Waals surface area contributed by atoms with Crippen molar-refractivity contribution in [2.24, 2.45) is 11.7 Å². The molecule has 1 aliphatic carbocycles. The SMILES string of the molecule is COc1cc2c(cc1OC)CN(CC(C)(N)C1CC1)CC2. The molecule has 0 aromatic heterocycles. The second kappa shape index (κ2) is 5.50. The molecule has 0 spiro atoms. The van der Waals surface area contributed by atoms with Gasteiger partial charge in [0, 0.05) is 25.2 Å². The number of hydrogen-bond donors (Lipinski definition) is 1. The molecule has 1 aromatic rings. The van der Waals surface area contributed by atoms with Crippen molar-refractivity contribution in [1.29, 1.82) is 0 Å². The van der Waals surface area contributed by atoms with Crippen molar-refractivity contribution in [1.82, 2.24) is 4.90 Å². The van der Waals surface area contributed by atoms with Gasteiger partial charge >= 0.3 is 0 Å². The van der Waals surface area contributed by atoms with Gasteiger partial charge in [0.25, 0.3) is 0 Å². The molecule has 1 atom stereocenters. The van der Waals surface area contributed by atoms with Crippen molar-refractivity contribution in [3.8, 4) is 11.5 Å². The highest BCUT2D eigenvalue weighted by Crippen LogP contribution is 2.39. The van der Waals surface area contributed by atoms with Crippen LogP contribution in [0.15, 0.2) is 12.1 Å². The van der Waals surface area contributed by atoms with Crippen LogP contribution in [-0.4, -0.2) is 37.7 Å². The molecule has 3 rings (SSSR count). The van der Waals surface area contributed by atoms with Crippen LogP contribution in [0.4, 0.5) is 0 Å². The van der Waals surface area contributed by atoms with Crippen molar-refractivity contribution in [3.05, 3.63) is 23.3 Å². The van der Waals surface area contributed by atoms with Crippen LogP contribution >= 0.6 is 0 Å². The van der Waals surface area contributed by atoms with Gasteiger partial charge in [-0.05, 0) is 55.4 Å². The molecule has 1 saturated carbocycles. The predicted molar refractivity (Wildman–Crippen MR) is 83.8 cm³/mol. The summed E-state index contributed by atoms with van der Waals surface area (Å²) >= 11 is 0. The Morgan fingerprint density at radius 3 is 2.38 bits per heavy atom. The largest absolute Gasteiger partial charge is 0.493 e. The number of hydrogen-bond acceptors (Lipinski definition) is 4. The highest BCUT2D eigenvalue weighted by molar-refractivity contribution is 5.48. The molecule has 1 aromatic carbocycles. The van der Waals surface area contributed by atoms with E-state index >= 15 is 0 Å². The lowest BCUT2D eigenvalue weighted by atomic mass is 9.93. The predicted octanol–water partition coefficient (Wildman–Crippen LogP) is 2.19. The number of ether oxygens (including phenoxy) is 2. The Balaban J connectivity index is 1.75. The van der Waals surface area contributed by atoms with Crippen LogP contribution < -0.4 is 15.2 Å². The zero-order chi connectivity index (χ0) is 15.0. The van der Waals surface area contributed by atoms with Gasteiger partial charge in [-0.25, -0.2) is 0 Å². The monoisotopic (exact) mass is 290 g/mol. The maximum Gasteiger partial charge on any atom is 0.161 e. The molecule has 1 fully saturated rings. The van der Waals surface area contributed by atoms with Gasteiger partial charge < -0.3 is 15.2 Å². The molecule has 0 bridgehead atoms. The van der Waals surface area contributed by atoms with Gasteiger partial charge in [-0.2, -0.15) is 0 Å². The first-order valence-corrected chi connectivity index (χ1v) is 7.78. The van der Waals surface area contributed by atoms with E-state index in [9.17, 15) is 0 Å². The fourth-order valence-corrected chi connectivity index (χ4v) is 3.43. The van der Waals surface area contributed by atoms with Crippen molar-refractivity contribution in [2.75, 3.05) is 27.3 Å². The van der Waals surface area contributed by atoms with Crippen molar-refractivity contribution in [3.63, 3.8) is 0 Å². The molecule has 1 aliphatic heterocycles. The minimum atomic E-state index is -0.0476. The van der Waals surface area contributed by atoms with Crippen LogP contribution in [-0.2, 0) is 13.0 Å². The Labute approximate surface area is 127 Å². The second-order valence-electron chi connectivity index (χ2n) is 6.72. The summed E-state index contributed by atoms with van der Waals surface area (Å²) in [6.45, 7) is 5.21. The normalized spacial score (nSPS) is 21.5. The minimum Gasteiger partial charge on any atom is -0.493 e. The molecule has 21 heavy (non-hydrogen) atoms. The van der Waals surface area contributed by atoms with Crippen LogP contribution in [0.5, 0.6) is 11.5 Å². The summed E-state index contributed by atoms with van der Waals surface area (Å²) in [4.78, 5) is 2.48. The molecular weight excluding hydrogens is 264 g/mol. The number of fused-ring (bicyclic) bond motifs is 1. The van der Waals surface area contributed by atoms with E-state index in [1.165, 1.54) is 24.0 Å². The van der Waals surface area contributed by atoms with E-state index in [1.54, 1.807) is 14.2 Å². The maximum absolute atomic E-state index is 6.49.